The molecule has 4 aromatic rings. The van der Waals surface area contributed by atoms with Crippen LogP contribution in [0.1, 0.15) is 135 Å². The average Bonchev–Trinajstić information content (AvgIpc) is 4.11. The van der Waals surface area contributed by atoms with Crippen LogP contribution in [0.25, 0.3) is 5.00 Å². The van der Waals surface area contributed by atoms with Crippen molar-refractivity contribution >= 4 is 75.5 Å². The molecule has 19 heteroatoms. The third-order valence-corrected chi connectivity index (χ3v) is 16.8. The van der Waals surface area contributed by atoms with Gasteiger partial charge in [0.15, 0.2) is 5.82 Å². The molecule has 2 aromatic carbocycles. The highest BCUT2D eigenvalue weighted by molar-refractivity contribution is 8.12. The zero-order valence-corrected chi connectivity index (χ0v) is 44.2. The number of hydrogen-bond donors (Lipinski definition) is 3. The smallest absolute Gasteiger partial charge is 0.246 e. The Morgan fingerprint density at radius 2 is 1.55 bits per heavy atom. The second-order valence-electron chi connectivity index (χ2n) is 20.3. The fourth-order valence-electron chi connectivity index (χ4n) is 9.82. The van der Waals surface area contributed by atoms with Gasteiger partial charge in [0.1, 0.15) is 29.0 Å². The molecule has 0 spiro atoms. The topological polar surface area (TPSA) is 195 Å². The van der Waals surface area contributed by atoms with Crippen LogP contribution in [0.3, 0.4) is 0 Å². The van der Waals surface area contributed by atoms with E-state index in [-0.39, 0.29) is 73.2 Å². The molecule has 0 aliphatic carbocycles. The molecule has 3 N–H and O–H groups in total. The number of aryl methyl sites for hydroxylation is 2. The molecular weight excluding hydrogens is 960 g/mol. The normalized spacial score (nSPS) is 21.8. The minimum atomic E-state index is -0.953. The molecule has 0 saturated carbocycles. The Balaban J connectivity index is 0.808. The molecule has 4 aliphatic heterocycles. The Bertz CT molecular complexity index is 2710. The lowest BCUT2D eigenvalue weighted by Gasteiger charge is -2.35. The van der Waals surface area contributed by atoms with Gasteiger partial charge < -0.3 is 30.4 Å². The van der Waals surface area contributed by atoms with E-state index in [1.807, 2.05) is 81.1 Å². The zero-order chi connectivity index (χ0) is 50.9. The summed E-state index contributed by atoms with van der Waals surface area (Å²) in [5, 5.41) is 27.5. The minimum absolute atomic E-state index is 0.0208. The lowest BCUT2D eigenvalue weighted by molar-refractivity contribution is -0.144. The Morgan fingerprint density at radius 1 is 0.887 bits per heavy atom. The van der Waals surface area contributed by atoms with Gasteiger partial charge in [0.05, 0.1) is 41.1 Å². The van der Waals surface area contributed by atoms with Crippen LogP contribution >= 0.6 is 34.7 Å². The number of rotatable bonds is 14. The fourth-order valence-corrected chi connectivity index (χ4v) is 12.2. The summed E-state index contributed by atoms with van der Waals surface area (Å²) in [5.74, 6) is 0.0707. The Labute approximate surface area is 429 Å². The average molecular weight is 1030 g/mol. The van der Waals surface area contributed by atoms with Crippen LogP contribution in [0, 0.1) is 26.2 Å². The summed E-state index contributed by atoms with van der Waals surface area (Å²) < 4.78 is 2.03. The molecule has 0 bridgehead atoms. The molecular formula is C52H65ClN10O6S2. The standard InChI is InChI=1S/C52H65ClN10O6S2/c1-29-32(4)71-51-44(29)45(35-17-19-37(53)20-18-35)56-39(48-59-58-33(5)63(48)51)26-43(67)61-23-21-60(22-24-61)42(66)12-10-9-11-41(65)57-47(52(6,7)8)50(69)62-27-38(64)25-40(62)49(68)55-30(2)34-13-15-36(16-14-34)46-31(3)54-28-70-46/h13-20,28,30-31,38-40,46-47,64H,9-12,21-27H2,1-8H3,(H,55,68)(H,57,65)/t30-,31?,38+,39-,40-,46?,47+/m0/s1. The third kappa shape index (κ3) is 11.5. The van der Waals surface area contributed by atoms with Gasteiger partial charge in [-0.15, -0.1) is 33.3 Å². The number of nitrogens with zero attached hydrogens (tertiary/aromatic N) is 8. The highest BCUT2D eigenvalue weighted by atomic mass is 35.5. The number of benzene rings is 2. The van der Waals surface area contributed by atoms with Gasteiger partial charge >= 0.3 is 0 Å². The van der Waals surface area contributed by atoms with Gasteiger partial charge in [-0.1, -0.05) is 68.8 Å². The number of carbonyl (C=O) groups excluding carboxylic acids is 5. The monoisotopic (exact) mass is 1020 g/mol. The van der Waals surface area contributed by atoms with Crippen molar-refractivity contribution in [1.29, 1.82) is 0 Å². The maximum atomic E-state index is 14.2. The van der Waals surface area contributed by atoms with E-state index in [1.165, 1.54) is 4.90 Å². The second kappa shape index (κ2) is 21.7. The maximum Gasteiger partial charge on any atom is 0.246 e. The highest BCUT2D eigenvalue weighted by Crippen LogP contribution is 2.40. The molecule has 7 atom stereocenters. The lowest BCUT2D eigenvalue weighted by Crippen LogP contribution is -2.57. The van der Waals surface area contributed by atoms with Crippen molar-refractivity contribution in [2.45, 2.75) is 135 Å². The van der Waals surface area contributed by atoms with Crippen LogP contribution in [-0.2, 0) is 24.0 Å². The predicted octanol–water partition coefficient (Wildman–Crippen LogP) is 7.00. The van der Waals surface area contributed by atoms with Gasteiger partial charge in [-0.3, -0.25) is 38.5 Å². The highest BCUT2D eigenvalue weighted by Gasteiger charge is 2.45. The van der Waals surface area contributed by atoms with Crippen molar-refractivity contribution in [2.24, 2.45) is 15.4 Å². The number of thioether (sulfide) groups is 1. The molecule has 2 unspecified atom stereocenters. The van der Waals surface area contributed by atoms with Crippen molar-refractivity contribution in [2.75, 3.05) is 32.7 Å². The second-order valence-corrected chi connectivity index (χ2v) is 22.9. The molecule has 2 aromatic heterocycles. The summed E-state index contributed by atoms with van der Waals surface area (Å²) in [6, 6.07) is 13.1. The Kier molecular flexibility index (Phi) is 15.9. The Hall–Kier alpha value is -5.43. The largest absolute Gasteiger partial charge is 0.391 e. The number of amides is 5. The van der Waals surface area contributed by atoms with E-state index in [0.717, 1.165) is 43.4 Å². The number of hydrogen-bond acceptors (Lipinski definition) is 12. The number of carbonyl (C=O) groups is 5. The summed E-state index contributed by atoms with van der Waals surface area (Å²) in [6.45, 7) is 17.1. The van der Waals surface area contributed by atoms with E-state index >= 15 is 0 Å². The van der Waals surface area contributed by atoms with Gasteiger partial charge in [0.25, 0.3) is 0 Å². The molecule has 378 valence electrons. The number of thiophene rings is 1. The first kappa shape index (κ1) is 51.9. The van der Waals surface area contributed by atoms with Crippen LogP contribution < -0.4 is 10.6 Å². The number of likely N-dealkylation sites (tertiary alicyclic amines) is 1. The maximum absolute atomic E-state index is 14.2. The molecule has 2 saturated heterocycles. The number of halogens is 1. The first-order chi connectivity index (χ1) is 33.8. The van der Waals surface area contributed by atoms with Crippen LogP contribution in [0.4, 0.5) is 0 Å². The third-order valence-electron chi connectivity index (χ3n) is 14.1. The molecule has 71 heavy (non-hydrogen) atoms. The number of aliphatic hydroxyl groups excluding tert-OH is 1. The summed E-state index contributed by atoms with van der Waals surface area (Å²) in [7, 11) is 0. The Morgan fingerprint density at radius 3 is 2.20 bits per heavy atom. The van der Waals surface area contributed by atoms with Gasteiger partial charge in [0, 0.05) is 73.0 Å². The molecule has 6 heterocycles. The van der Waals surface area contributed by atoms with E-state index < -0.39 is 35.6 Å². The number of unbranched alkanes of at least 4 members (excludes halogenated alkanes) is 1. The molecule has 16 nitrogen and oxygen atoms in total. The van der Waals surface area contributed by atoms with Gasteiger partial charge in [0.2, 0.25) is 29.5 Å². The number of nitrogens with one attached hydrogen (secondary N) is 2. The molecule has 2 fully saturated rings. The molecule has 0 radical (unpaired) electrons. The summed E-state index contributed by atoms with van der Waals surface area (Å²) in [4.78, 5) is 84.5. The quantitative estimate of drug-likeness (QED) is 0.112. The summed E-state index contributed by atoms with van der Waals surface area (Å²) >= 11 is 9.62. The van der Waals surface area contributed by atoms with Gasteiger partial charge in [-0.25, -0.2) is 0 Å². The molecule has 5 amide bonds. The number of aromatic nitrogens is 3. The van der Waals surface area contributed by atoms with Crippen molar-refractivity contribution in [3.8, 4) is 5.00 Å². The summed E-state index contributed by atoms with van der Waals surface area (Å²) in [5.41, 5.74) is 7.04. The van der Waals surface area contributed by atoms with Gasteiger partial charge in [-0.2, -0.15) is 0 Å². The number of fused-ring (bicyclic) bond motifs is 3. The van der Waals surface area contributed by atoms with E-state index in [4.69, 9.17) is 16.6 Å². The zero-order valence-electron chi connectivity index (χ0n) is 41.8. The minimum Gasteiger partial charge on any atom is -0.391 e. The first-order valence-corrected chi connectivity index (χ1v) is 26.7. The fraction of sp³-hybridized carbons (Fsp3) is 0.519. The number of β-amino-alcohol motifs (C(OH)–C–C–N with tert-alkyl or cyclic N) is 1. The summed E-state index contributed by atoms with van der Waals surface area (Å²) in [6.07, 6.45) is 0.526. The number of aliphatic hydroxyl groups is 1. The van der Waals surface area contributed by atoms with Crippen molar-refractivity contribution < 1.29 is 29.1 Å². The number of piperazine rings is 1. The molecule has 8 rings (SSSR count). The first-order valence-electron chi connectivity index (χ1n) is 24.6. The van der Waals surface area contributed by atoms with Crippen molar-refractivity contribution in [3.05, 3.63) is 97.9 Å². The van der Waals surface area contributed by atoms with E-state index in [2.05, 4.69) is 58.7 Å². The van der Waals surface area contributed by atoms with Crippen molar-refractivity contribution in [1.82, 2.24) is 40.1 Å². The van der Waals surface area contributed by atoms with Crippen LogP contribution in [0.2, 0.25) is 5.02 Å². The van der Waals surface area contributed by atoms with Crippen LogP contribution in [0.5, 0.6) is 0 Å². The lowest BCUT2D eigenvalue weighted by atomic mass is 9.85. The molecule has 4 aliphatic rings. The van der Waals surface area contributed by atoms with Crippen LogP contribution in [-0.4, -0.2) is 132 Å². The van der Waals surface area contributed by atoms with Gasteiger partial charge in [-0.05, 0) is 81.7 Å². The predicted molar refractivity (Wildman–Crippen MR) is 278 cm³/mol. The van der Waals surface area contributed by atoms with Crippen molar-refractivity contribution in [3.63, 3.8) is 0 Å². The number of aliphatic imine (C=N–C) groups is 2. The van der Waals surface area contributed by atoms with E-state index in [9.17, 15) is 29.1 Å². The van der Waals surface area contributed by atoms with E-state index in [0.29, 0.717) is 55.7 Å². The van der Waals surface area contributed by atoms with E-state index in [1.54, 1.807) is 32.9 Å². The SMILES string of the molecule is Cc1sc2c(c1C)C(c1ccc(Cl)cc1)=N[C@@H](CC(=O)N1CCN(C(=O)CCCCC(=O)N[C@H](C(=O)N3C[C@H](O)C[C@H]3C(=O)N[C@@H](C)c3ccc(C4SC=NC4C)cc3)C(C)(C)C)CC1)c1nnc(C)n1-2. The van der Waals surface area contributed by atoms with Crippen LogP contribution in [0.15, 0.2) is 58.5 Å².